The van der Waals surface area contributed by atoms with Crippen molar-refractivity contribution in [1.82, 2.24) is 5.32 Å². The van der Waals surface area contributed by atoms with Gasteiger partial charge >= 0.3 is 0 Å². The molecule has 2 rings (SSSR count). The standard InChI is InChI=1S/C17H26N2O/c1-3-5-7-11-14(10-4-2)15-16(20)19-17(18-15)12-8-6-9-13-17/h3,5,11H,4,6-10,12-13H2,1-2H3,(H,19,20)/b5-3?,14-11+. The normalized spacial score (nSPS) is 22.4. The summed E-state index contributed by atoms with van der Waals surface area (Å²) in [5.74, 6) is 0.0343. The number of carbonyl (C=O) groups is 1. The fourth-order valence-corrected chi connectivity index (χ4v) is 3.09. The van der Waals surface area contributed by atoms with Crippen molar-refractivity contribution in [2.45, 2.75) is 70.9 Å². The SMILES string of the molecule is CC=CC/C=C(\CCC)C1=NC2(CCCCC2)NC1=O. The molecule has 0 unspecified atom stereocenters. The second-order valence-corrected chi connectivity index (χ2v) is 5.79. The van der Waals surface area contributed by atoms with Crippen LogP contribution in [0.15, 0.2) is 28.8 Å². The van der Waals surface area contributed by atoms with E-state index in [1.807, 2.05) is 13.0 Å². The van der Waals surface area contributed by atoms with Gasteiger partial charge < -0.3 is 5.32 Å². The highest BCUT2D eigenvalue weighted by Gasteiger charge is 2.40. The number of hydrogen-bond donors (Lipinski definition) is 1. The number of nitrogens with one attached hydrogen (secondary N) is 1. The Hall–Kier alpha value is -1.38. The van der Waals surface area contributed by atoms with Gasteiger partial charge in [-0.1, -0.05) is 38.0 Å². The van der Waals surface area contributed by atoms with Crippen LogP contribution in [0.5, 0.6) is 0 Å². The molecular formula is C17H26N2O. The van der Waals surface area contributed by atoms with Gasteiger partial charge in [0.15, 0.2) is 0 Å². The second kappa shape index (κ2) is 6.87. The van der Waals surface area contributed by atoms with Crippen LogP contribution >= 0.6 is 0 Å². The Morgan fingerprint density at radius 2 is 2.10 bits per heavy atom. The van der Waals surface area contributed by atoms with Crippen molar-refractivity contribution in [2.75, 3.05) is 0 Å². The average molecular weight is 274 g/mol. The number of carbonyl (C=O) groups excluding carboxylic acids is 1. The number of allylic oxidation sites excluding steroid dienone is 3. The van der Waals surface area contributed by atoms with Crippen LogP contribution in [-0.2, 0) is 4.79 Å². The van der Waals surface area contributed by atoms with E-state index < -0.39 is 0 Å². The van der Waals surface area contributed by atoms with E-state index in [2.05, 4.69) is 24.4 Å². The summed E-state index contributed by atoms with van der Waals surface area (Å²) in [6.45, 7) is 4.16. The molecule has 2 aliphatic rings. The highest BCUT2D eigenvalue weighted by molar-refractivity contribution is 6.46. The van der Waals surface area contributed by atoms with E-state index in [1.165, 1.54) is 19.3 Å². The number of rotatable bonds is 5. The molecule has 0 radical (unpaired) electrons. The molecule has 1 saturated carbocycles. The molecule has 1 spiro atoms. The quantitative estimate of drug-likeness (QED) is 0.759. The third-order valence-corrected chi connectivity index (χ3v) is 4.13. The van der Waals surface area contributed by atoms with Gasteiger partial charge in [0, 0.05) is 0 Å². The summed E-state index contributed by atoms with van der Waals surface area (Å²) in [4.78, 5) is 17.1. The van der Waals surface area contributed by atoms with Crippen molar-refractivity contribution < 1.29 is 4.79 Å². The summed E-state index contributed by atoms with van der Waals surface area (Å²) in [5, 5.41) is 3.15. The predicted octanol–water partition coefficient (Wildman–Crippen LogP) is 3.91. The summed E-state index contributed by atoms with van der Waals surface area (Å²) < 4.78 is 0. The molecule has 1 aliphatic carbocycles. The zero-order valence-corrected chi connectivity index (χ0v) is 12.7. The van der Waals surface area contributed by atoms with Crippen LogP contribution in [0, 0.1) is 0 Å². The van der Waals surface area contributed by atoms with E-state index in [0.29, 0.717) is 5.71 Å². The topological polar surface area (TPSA) is 41.5 Å². The fraction of sp³-hybridized carbons (Fsp3) is 0.647. The largest absolute Gasteiger partial charge is 0.326 e. The van der Waals surface area contributed by atoms with E-state index in [4.69, 9.17) is 4.99 Å². The van der Waals surface area contributed by atoms with Crippen LogP contribution in [0.25, 0.3) is 0 Å². The molecule has 0 aromatic rings. The minimum absolute atomic E-state index is 0.0343. The molecule has 1 heterocycles. The van der Waals surface area contributed by atoms with E-state index in [0.717, 1.165) is 37.7 Å². The number of nitrogens with zero attached hydrogens (tertiary/aromatic N) is 1. The van der Waals surface area contributed by atoms with Gasteiger partial charge in [-0.3, -0.25) is 9.79 Å². The molecule has 0 saturated heterocycles. The van der Waals surface area contributed by atoms with Gasteiger partial charge in [0.1, 0.15) is 11.4 Å². The smallest absolute Gasteiger partial charge is 0.271 e. The summed E-state index contributed by atoms with van der Waals surface area (Å²) in [7, 11) is 0. The molecule has 1 N–H and O–H groups in total. The maximum atomic E-state index is 12.3. The van der Waals surface area contributed by atoms with E-state index in [1.54, 1.807) is 0 Å². The minimum atomic E-state index is -0.280. The second-order valence-electron chi connectivity index (χ2n) is 5.79. The van der Waals surface area contributed by atoms with Crippen LogP contribution in [-0.4, -0.2) is 17.3 Å². The lowest BCUT2D eigenvalue weighted by Crippen LogP contribution is -2.43. The van der Waals surface area contributed by atoms with Crippen LogP contribution in [0.2, 0.25) is 0 Å². The Morgan fingerprint density at radius 3 is 2.75 bits per heavy atom. The lowest BCUT2D eigenvalue weighted by molar-refractivity contribution is -0.115. The van der Waals surface area contributed by atoms with Gasteiger partial charge in [-0.15, -0.1) is 0 Å². The molecule has 1 amide bonds. The summed E-state index contributed by atoms with van der Waals surface area (Å²) in [6, 6.07) is 0. The zero-order valence-electron chi connectivity index (χ0n) is 12.7. The zero-order chi connectivity index (χ0) is 14.4. The minimum Gasteiger partial charge on any atom is -0.326 e. The molecule has 3 heteroatoms. The fourth-order valence-electron chi connectivity index (χ4n) is 3.09. The highest BCUT2D eigenvalue weighted by atomic mass is 16.2. The van der Waals surface area contributed by atoms with Crippen molar-refractivity contribution in [1.29, 1.82) is 0 Å². The summed E-state index contributed by atoms with van der Waals surface area (Å²) >= 11 is 0. The van der Waals surface area contributed by atoms with Crippen LogP contribution < -0.4 is 5.32 Å². The van der Waals surface area contributed by atoms with Gasteiger partial charge in [-0.2, -0.15) is 0 Å². The van der Waals surface area contributed by atoms with Crippen molar-refractivity contribution >= 4 is 11.6 Å². The van der Waals surface area contributed by atoms with Gasteiger partial charge in [0.25, 0.3) is 5.91 Å². The molecule has 1 aliphatic heterocycles. The monoisotopic (exact) mass is 274 g/mol. The Balaban J connectivity index is 2.20. The number of hydrogen-bond acceptors (Lipinski definition) is 2. The Morgan fingerprint density at radius 1 is 1.35 bits per heavy atom. The van der Waals surface area contributed by atoms with Gasteiger partial charge in [0.05, 0.1) is 0 Å². The molecule has 1 fully saturated rings. The van der Waals surface area contributed by atoms with E-state index in [-0.39, 0.29) is 11.6 Å². The molecule has 3 nitrogen and oxygen atoms in total. The first-order chi connectivity index (χ1) is 9.71. The first-order valence-corrected chi connectivity index (χ1v) is 7.93. The third kappa shape index (κ3) is 3.38. The summed E-state index contributed by atoms with van der Waals surface area (Å²) in [5.41, 5.74) is 1.53. The molecular weight excluding hydrogens is 248 g/mol. The lowest BCUT2D eigenvalue weighted by Gasteiger charge is -2.30. The van der Waals surface area contributed by atoms with Gasteiger partial charge in [-0.25, -0.2) is 0 Å². The maximum absolute atomic E-state index is 12.3. The van der Waals surface area contributed by atoms with E-state index in [9.17, 15) is 4.79 Å². The van der Waals surface area contributed by atoms with Crippen molar-refractivity contribution in [3.63, 3.8) is 0 Å². The van der Waals surface area contributed by atoms with E-state index >= 15 is 0 Å². The first kappa shape index (κ1) is 15.0. The average Bonchev–Trinajstić information content (AvgIpc) is 2.75. The molecule has 0 atom stereocenters. The van der Waals surface area contributed by atoms with Crippen LogP contribution in [0.1, 0.15) is 65.2 Å². The van der Waals surface area contributed by atoms with Crippen molar-refractivity contribution in [3.8, 4) is 0 Å². The van der Waals surface area contributed by atoms with Gasteiger partial charge in [0.2, 0.25) is 0 Å². The third-order valence-electron chi connectivity index (χ3n) is 4.13. The number of amides is 1. The summed E-state index contributed by atoms with van der Waals surface area (Å²) in [6.07, 6.45) is 14.8. The number of aliphatic imine (C=N–C) groups is 1. The Kier molecular flexibility index (Phi) is 5.16. The highest BCUT2D eigenvalue weighted by Crippen LogP contribution is 2.33. The Bertz CT molecular complexity index is 440. The predicted molar refractivity (Wildman–Crippen MR) is 83.8 cm³/mol. The van der Waals surface area contributed by atoms with Crippen LogP contribution in [0.3, 0.4) is 0 Å². The lowest BCUT2D eigenvalue weighted by atomic mass is 9.90. The van der Waals surface area contributed by atoms with Crippen molar-refractivity contribution in [2.24, 2.45) is 4.99 Å². The van der Waals surface area contributed by atoms with Crippen LogP contribution in [0.4, 0.5) is 0 Å². The molecule has 0 bridgehead atoms. The van der Waals surface area contributed by atoms with Crippen molar-refractivity contribution in [3.05, 3.63) is 23.8 Å². The molecule has 110 valence electrons. The molecule has 20 heavy (non-hydrogen) atoms. The van der Waals surface area contributed by atoms with Gasteiger partial charge in [-0.05, 0) is 51.0 Å². The maximum Gasteiger partial charge on any atom is 0.271 e. The molecule has 0 aromatic carbocycles. The molecule has 0 aromatic heterocycles. The first-order valence-electron chi connectivity index (χ1n) is 7.93. The Labute approximate surface area is 122 Å².